The first-order valence-electron chi connectivity index (χ1n) is 6.17. The van der Waals surface area contributed by atoms with Crippen molar-refractivity contribution in [2.75, 3.05) is 27.4 Å². The summed E-state index contributed by atoms with van der Waals surface area (Å²) in [6, 6.07) is 6.50. The Morgan fingerprint density at radius 2 is 2.06 bits per heavy atom. The molecule has 1 rings (SSSR count). The van der Waals surface area contributed by atoms with Crippen molar-refractivity contribution in [3.63, 3.8) is 0 Å². The first-order valence-corrected chi connectivity index (χ1v) is 6.97. The Bertz CT molecular complexity index is 371. The molecule has 0 spiro atoms. The van der Waals surface area contributed by atoms with Crippen molar-refractivity contribution >= 4 is 15.9 Å². The van der Waals surface area contributed by atoms with E-state index in [1.165, 1.54) is 5.56 Å². The Morgan fingerprint density at radius 1 is 1.33 bits per heavy atom. The zero-order valence-electron chi connectivity index (χ0n) is 11.6. The number of ether oxygens (including phenoxy) is 2. The Morgan fingerprint density at radius 3 is 2.61 bits per heavy atom. The summed E-state index contributed by atoms with van der Waals surface area (Å²) in [6.07, 6.45) is 0. The summed E-state index contributed by atoms with van der Waals surface area (Å²) in [4.78, 5) is 2.37. The van der Waals surface area contributed by atoms with Gasteiger partial charge in [-0.05, 0) is 31.7 Å². The average molecular weight is 316 g/mol. The standard InChI is InChI=1S/C14H22BrNO2/c1-5-16(11(2)10-17-3)9-12-8-13(15)6-7-14(12)18-4/h6-8,11H,5,9-10H2,1-4H3. The number of hydrogen-bond donors (Lipinski definition) is 0. The number of nitrogens with zero attached hydrogens (tertiary/aromatic N) is 1. The second-order valence-corrected chi connectivity index (χ2v) is 5.24. The van der Waals surface area contributed by atoms with Crippen LogP contribution in [0.4, 0.5) is 0 Å². The first kappa shape index (κ1) is 15.5. The van der Waals surface area contributed by atoms with Crippen molar-refractivity contribution in [1.29, 1.82) is 0 Å². The highest BCUT2D eigenvalue weighted by molar-refractivity contribution is 9.10. The van der Waals surface area contributed by atoms with Gasteiger partial charge >= 0.3 is 0 Å². The molecule has 0 aliphatic rings. The Kier molecular flexibility index (Phi) is 6.68. The molecule has 18 heavy (non-hydrogen) atoms. The van der Waals surface area contributed by atoms with E-state index in [9.17, 15) is 0 Å². The lowest BCUT2D eigenvalue weighted by Gasteiger charge is -2.28. The van der Waals surface area contributed by atoms with Crippen LogP contribution in [0.25, 0.3) is 0 Å². The van der Waals surface area contributed by atoms with E-state index in [1.807, 2.05) is 12.1 Å². The topological polar surface area (TPSA) is 21.7 Å². The van der Waals surface area contributed by atoms with Crippen LogP contribution in [0.3, 0.4) is 0 Å². The smallest absolute Gasteiger partial charge is 0.123 e. The van der Waals surface area contributed by atoms with E-state index in [-0.39, 0.29) is 0 Å². The molecular formula is C14H22BrNO2. The van der Waals surface area contributed by atoms with Crippen molar-refractivity contribution in [3.8, 4) is 5.75 Å². The lowest BCUT2D eigenvalue weighted by atomic mass is 10.1. The minimum absolute atomic E-state index is 0.392. The summed E-state index contributed by atoms with van der Waals surface area (Å²) in [6.45, 7) is 6.93. The molecule has 0 N–H and O–H groups in total. The fourth-order valence-corrected chi connectivity index (χ4v) is 2.42. The Balaban J connectivity index is 2.83. The number of methoxy groups -OCH3 is 2. The van der Waals surface area contributed by atoms with Crippen LogP contribution < -0.4 is 4.74 Å². The SMILES string of the molecule is CCN(Cc1cc(Br)ccc1OC)C(C)COC. The summed E-state index contributed by atoms with van der Waals surface area (Å²) >= 11 is 3.51. The molecule has 0 saturated heterocycles. The predicted molar refractivity (Wildman–Crippen MR) is 78.1 cm³/mol. The molecule has 0 aliphatic carbocycles. The lowest BCUT2D eigenvalue weighted by Crippen LogP contribution is -2.35. The number of benzene rings is 1. The predicted octanol–water partition coefficient (Wildman–Crippen LogP) is 3.31. The summed E-state index contributed by atoms with van der Waals surface area (Å²) in [5, 5.41) is 0. The highest BCUT2D eigenvalue weighted by Crippen LogP contribution is 2.24. The van der Waals surface area contributed by atoms with E-state index in [2.05, 4.69) is 40.7 Å². The number of hydrogen-bond acceptors (Lipinski definition) is 3. The zero-order chi connectivity index (χ0) is 13.5. The zero-order valence-corrected chi connectivity index (χ0v) is 13.2. The van der Waals surface area contributed by atoms with Gasteiger partial charge in [-0.2, -0.15) is 0 Å². The lowest BCUT2D eigenvalue weighted by molar-refractivity contribution is 0.0976. The van der Waals surface area contributed by atoms with Gasteiger partial charge in [-0.1, -0.05) is 22.9 Å². The van der Waals surface area contributed by atoms with Gasteiger partial charge in [0.25, 0.3) is 0 Å². The van der Waals surface area contributed by atoms with Gasteiger partial charge in [0.2, 0.25) is 0 Å². The summed E-state index contributed by atoms with van der Waals surface area (Å²) in [5.41, 5.74) is 1.19. The van der Waals surface area contributed by atoms with Crippen LogP contribution in [-0.2, 0) is 11.3 Å². The maximum atomic E-state index is 5.41. The van der Waals surface area contributed by atoms with Crippen molar-refractivity contribution in [2.24, 2.45) is 0 Å². The van der Waals surface area contributed by atoms with E-state index in [0.29, 0.717) is 6.04 Å². The largest absolute Gasteiger partial charge is 0.496 e. The molecule has 0 amide bonds. The van der Waals surface area contributed by atoms with Crippen LogP contribution in [0.1, 0.15) is 19.4 Å². The van der Waals surface area contributed by atoms with E-state index in [1.54, 1.807) is 14.2 Å². The van der Waals surface area contributed by atoms with Crippen LogP contribution in [0.2, 0.25) is 0 Å². The normalized spacial score (nSPS) is 12.8. The van der Waals surface area contributed by atoms with Crippen molar-refractivity contribution in [1.82, 2.24) is 4.90 Å². The second kappa shape index (κ2) is 7.77. The highest BCUT2D eigenvalue weighted by atomic mass is 79.9. The van der Waals surface area contributed by atoms with E-state index in [4.69, 9.17) is 9.47 Å². The number of rotatable bonds is 7. The monoisotopic (exact) mass is 315 g/mol. The molecule has 1 aromatic rings. The van der Waals surface area contributed by atoms with Gasteiger partial charge in [-0.3, -0.25) is 4.90 Å². The van der Waals surface area contributed by atoms with Gasteiger partial charge in [0.15, 0.2) is 0 Å². The third-order valence-corrected chi connectivity index (χ3v) is 3.55. The minimum atomic E-state index is 0.392. The van der Waals surface area contributed by atoms with Gasteiger partial charge in [-0.15, -0.1) is 0 Å². The average Bonchev–Trinajstić information content (AvgIpc) is 2.36. The van der Waals surface area contributed by atoms with Crippen LogP contribution in [0, 0.1) is 0 Å². The Labute approximate surface area is 118 Å². The van der Waals surface area contributed by atoms with Crippen LogP contribution in [-0.4, -0.2) is 38.3 Å². The highest BCUT2D eigenvalue weighted by Gasteiger charge is 2.14. The van der Waals surface area contributed by atoms with Crippen LogP contribution in [0.5, 0.6) is 5.75 Å². The first-order chi connectivity index (χ1) is 8.62. The summed E-state index contributed by atoms with van der Waals surface area (Å²) < 4.78 is 11.7. The van der Waals surface area contributed by atoms with Crippen molar-refractivity contribution < 1.29 is 9.47 Å². The Hall–Kier alpha value is -0.580. The number of halogens is 1. The molecule has 0 bridgehead atoms. The maximum absolute atomic E-state index is 5.41. The molecule has 0 aliphatic heterocycles. The molecule has 1 atom stereocenters. The van der Waals surface area contributed by atoms with Crippen LogP contribution in [0.15, 0.2) is 22.7 Å². The third-order valence-electron chi connectivity index (χ3n) is 3.05. The molecular weight excluding hydrogens is 294 g/mol. The molecule has 0 fully saturated rings. The molecule has 0 heterocycles. The molecule has 3 nitrogen and oxygen atoms in total. The van der Waals surface area contributed by atoms with Gasteiger partial charge in [-0.25, -0.2) is 0 Å². The number of likely N-dealkylation sites (N-methyl/N-ethyl adjacent to an activating group) is 1. The van der Waals surface area contributed by atoms with Gasteiger partial charge in [0.05, 0.1) is 13.7 Å². The third kappa shape index (κ3) is 4.26. The van der Waals surface area contributed by atoms with Crippen molar-refractivity contribution in [3.05, 3.63) is 28.2 Å². The van der Waals surface area contributed by atoms with Crippen molar-refractivity contribution in [2.45, 2.75) is 26.4 Å². The fourth-order valence-electron chi connectivity index (χ4n) is 2.02. The molecule has 0 saturated carbocycles. The second-order valence-electron chi connectivity index (χ2n) is 4.32. The molecule has 1 unspecified atom stereocenters. The molecule has 1 aromatic carbocycles. The molecule has 0 aromatic heterocycles. The molecule has 4 heteroatoms. The maximum Gasteiger partial charge on any atom is 0.123 e. The quantitative estimate of drug-likeness (QED) is 0.770. The molecule has 102 valence electrons. The van der Waals surface area contributed by atoms with Gasteiger partial charge in [0.1, 0.15) is 5.75 Å². The van der Waals surface area contributed by atoms with Gasteiger partial charge in [0, 0.05) is 29.7 Å². The minimum Gasteiger partial charge on any atom is -0.496 e. The van der Waals surface area contributed by atoms with Crippen LogP contribution >= 0.6 is 15.9 Å². The van der Waals surface area contributed by atoms with E-state index in [0.717, 1.165) is 29.9 Å². The summed E-state index contributed by atoms with van der Waals surface area (Å²) in [7, 11) is 3.45. The van der Waals surface area contributed by atoms with E-state index < -0.39 is 0 Å². The fraction of sp³-hybridized carbons (Fsp3) is 0.571. The summed E-state index contributed by atoms with van der Waals surface area (Å²) in [5.74, 6) is 0.932. The molecule has 0 radical (unpaired) electrons. The van der Waals surface area contributed by atoms with Gasteiger partial charge < -0.3 is 9.47 Å². The van der Waals surface area contributed by atoms with E-state index >= 15 is 0 Å².